The van der Waals surface area contributed by atoms with Crippen molar-refractivity contribution < 1.29 is 0 Å². The summed E-state index contributed by atoms with van der Waals surface area (Å²) in [5.74, 6) is 2.73. The molecule has 0 radical (unpaired) electrons. The fourth-order valence-corrected chi connectivity index (χ4v) is 3.45. The highest BCUT2D eigenvalue weighted by Crippen LogP contribution is 2.41. The van der Waals surface area contributed by atoms with Crippen LogP contribution in [0.1, 0.15) is 25.7 Å². The van der Waals surface area contributed by atoms with Crippen LogP contribution in [0.4, 0.5) is 0 Å². The second-order valence-electron chi connectivity index (χ2n) is 4.82. The van der Waals surface area contributed by atoms with Crippen molar-refractivity contribution in [2.75, 3.05) is 13.1 Å². The van der Waals surface area contributed by atoms with Crippen LogP contribution in [0.2, 0.25) is 0 Å². The van der Waals surface area contributed by atoms with Crippen LogP contribution >= 0.6 is 0 Å². The maximum atomic E-state index is 4.73. The Morgan fingerprint density at radius 2 is 2.00 bits per heavy atom. The third-order valence-electron chi connectivity index (χ3n) is 4.17. The topological polar surface area (TPSA) is 24.4 Å². The normalized spacial score (nSPS) is 48.6. The largest absolute Gasteiger partial charge is 0.316 e. The molecule has 4 atom stereocenters. The van der Waals surface area contributed by atoms with Crippen LogP contribution in [-0.4, -0.2) is 25.3 Å². The summed E-state index contributed by atoms with van der Waals surface area (Å²) in [5.41, 5.74) is 0. The molecule has 0 aromatic heterocycles. The van der Waals surface area contributed by atoms with Gasteiger partial charge in [0.2, 0.25) is 0 Å². The van der Waals surface area contributed by atoms with E-state index in [0.717, 1.165) is 17.8 Å². The summed E-state index contributed by atoms with van der Waals surface area (Å²) in [4.78, 5) is 4.73. The molecule has 2 heteroatoms. The van der Waals surface area contributed by atoms with Gasteiger partial charge in [0.25, 0.3) is 0 Å². The van der Waals surface area contributed by atoms with E-state index < -0.39 is 0 Å². The van der Waals surface area contributed by atoms with Gasteiger partial charge in [-0.05, 0) is 56.2 Å². The molecule has 2 nitrogen and oxygen atoms in total. The molecule has 2 fully saturated rings. The minimum Gasteiger partial charge on any atom is -0.316 e. The Bertz CT molecular complexity index is 224. The highest BCUT2D eigenvalue weighted by atomic mass is 15.0. The molecule has 1 aliphatic carbocycles. The van der Waals surface area contributed by atoms with Gasteiger partial charge in [0, 0.05) is 6.54 Å². The zero-order chi connectivity index (χ0) is 8.67. The van der Waals surface area contributed by atoms with Gasteiger partial charge in [0.1, 0.15) is 0 Å². The number of hydrogen-bond acceptors (Lipinski definition) is 2. The molecule has 3 rings (SSSR count). The summed E-state index contributed by atoms with van der Waals surface area (Å²) in [6, 6.07) is 0.683. The van der Waals surface area contributed by atoms with Gasteiger partial charge < -0.3 is 5.32 Å². The molecule has 4 unspecified atom stereocenters. The summed E-state index contributed by atoms with van der Waals surface area (Å²) >= 11 is 0. The van der Waals surface area contributed by atoms with Crippen LogP contribution in [-0.2, 0) is 0 Å². The van der Waals surface area contributed by atoms with E-state index in [2.05, 4.69) is 11.5 Å². The monoisotopic (exact) mass is 178 g/mol. The Morgan fingerprint density at radius 1 is 1.08 bits per heavy atom. The first-order valence-electron chi connectivity index (χ1n) is 5.67. The van der Waals surface area contributed by atoms with Crippen LogP contribution in [0.5, 0.6) is 0 Å². The van der Waals surface area contributed by atoms with Crippen molar-refractivity contribution in [2.45, 2.75) is 31.7 Å². The smallest absolute Gasteiger partial charge is 0.0567 e. The molecule has 0 bridgehead atoms. The number of fused-ring (bicyclic) bond motifs is 3. The van der Waals surface area contributed by atoms with Gasteiger partial charge in [-0.2, -0.15) is 0 Å². The average Bonchev–Trinajstić information content (AvgIpc) is 2.65. The van der Waals surface area contributed by atoms with Crippen LogP contribution in [0, 0.1) is 17.8 Å². The number of nitrogens with one attached hydrogen (secondary N) is 1. The second-order valence-corrected chi connectivity index (χ2v) is 4.82. The zero-order valence-electron chi connectivity index (χ0n) is 8.08. The molecule has 13 heavy (non-hydrogen) atoms. The van der Waals surface area contributed by atoms with Crippen molar-refractivity contribution in [3.8, 4) is 0 Å². The van der Waals surface area contributed by atoms with Gasteiger partial charge in [-0.25, -0.2) is 0 Å². The first-order valence-corrected chi connectivity index (χ1v) is 5.67. The highest BCUT2D eigenvalue weighted by Gasteiger charge is 2.41. The molecule has 3 aliphatic rings. The minimum absolute atomic E-state index is 0.683. The lowest BCUT2D eigenvalue weighted by atomic mass is 9.70. The lowest BCUT2D eigenvalue weighted by Gasteiger charge is -2.39. The van der Waals surface area contributed by atoms with E-state index >= 15 is 0 Å². The molecule has 72 valence electrons. The molecule has 2 aliphatic heterocycles. The van der Waals surface area contributed by atoms with Crippen molar-refractivity contribution in [3.63, 3.8) is 0 Å². The minimum atomic E-state index is 0.683. The number of nitrogens with zero attached hydrogens (tertiary/aromatic N) is 1. The van der Waals surface area contributed by atoms with Crippen molar-refractivity contribution in [1.82, 2.24) is 5.32 Å². The maximum Gasteiger partial charge on any atom is 0.0567 e. The van der Waals surface area contributed by atoms with Crippen LogP contribution < -0.4 is 5.32 Å². The van der Waals surface area contributed by atoms with E-state index in [1.165, 1.54) is 38.8 Å². The number of aliphatic imine (C=N–C) groups is 1. The summed E-state index contributed by atoms with van der Waals surface area (Å²) in [6.07, 6.45) is 7.68. The molecule has 1 saturated carbocycles. The average molecular weight is 178 g/mol. The SMILES string of the molecule is C1=NC2C(CC1)CCC1CNCC12. The van der Waals surface area contributed by atoms with E-state index in [1.807, 2.05) is 0 Å². The van der Waals surface area contributed by atoms with Crippen LogP contribution in [0.3, 0.4) is 0 Å². The molecular formula is C11H18N2. The van der Waals surface area contributed by atoms with Crippen molar-refractivity contribution in [2.24, 2.45) is 22.7 Å². The lowest BCUT2D eigenvalue weighted by molar-refractivity contribution is 0.175. The molecule has 0 aromatic carbocycles. The van der Waals surface area contributed by atoms with Crippen molar-refractivity contribution in [1.29, 1.82) is 0 Å². The molecule has 0 amide bonds. The maximum absolute atomic E-state index is 4.73. The molecule has 0 spiro atoms. The van der Waals surface area contributed by atoms with E-state index in [0.29, 0.717) is 6.04 Å². The standard InChI is InChI=1S/C11H18N2/c1-2-8-3-4-9-6-12-7-10(9)11(8)13-5-1/h5,8-12H,1-4,6-7H2. The first-order chi connectivity index (χ1) is 6.45. The van der Waals surface area contributed by atoms with Crippen molar-refractivity contribution in [3.05, 3.63) is 0 Å². The van der Waals surface area contributed by atoms with Gasteiger partial charge in [-0.3, -0.25) is 4.99 Å². The van der Waals surface area contributed by atoms with E-state index in [1.54, 1.807) is 0 Å². The fraction of sp³-hybridized carbons (Fsp3) is 0.909. The van der Waals surface area contributed by atoms with Crippen LogP contribution in [0.25, 0.3) is 0 Å². The van der Waals surface area contributed by atoms with Gasteiger partial charge in [-0.15, -0.1) is 0 Å². The third-order valence-corrected chi connectivity index (χ3v) is 4.17. The molecule has 1 saturated heterocycles. The Kier molecular flexibility index (Phi) is 1.90. The lowest BCUT2D eigenvalue weighted by Crippen LogP contribution is -2.39. The predicted molar refractivity (Wildman–Crippen MR) is 54.1 cm³/mol. The van der Waals surface area contributed by atoms with Gasteiger partial charge in [0.15, 0.2) is 0 Å². The summed E-state index contributed by atoms with van der Waals surface area (Å²) in [6.45, 7) is 2.48. The third kappa shape index (κ3) is 1.23. The Labute approximate surface area is 79.8 Å². The Hall–Kier alpha value is -0.370. The highest BCUT2D eigenvalue weighted by molar-refractivity contribution is 5.58. The Balaban J connectivity index is 1.84. The van der Waals surface area contributed by atoms with Crippen molar-refractivity contribution >= 4 is 6.21 Å². The molecule has 1 N–H and O–H groups in total. The molecule has 2 heterocycles. The predicted octanol–water partition coefficient (Wildman–Crippen LogP) is 1.47. The summed E-state index contributed by atoms with van der Waals surface area (Å²) in [5, 5.41) is 3.52. The quantitative estimate of drug-likeness (QED) is 0.597. The van der Waals surface area contributed by atoms with Crippen LogP contribution in [0.15, 0.2) is 4.99 Å². The molecule has 0 aromatic rings. The van der Waals surface area contributed by atoms with Gasteiger partial charge >= 0.3 is 0 Å². The van der Waals surface area contributed by atoms with E-state index in [9.17, 15) is 0 Å². The zero-order valence-corrected chi connectivity index (χ0v) is 8.08. The van der Waals surface area contributed by atoms with Gasteiger partial charge in [0.05, 0.1) is 6.04 Å². The first kappa shape index (κ1) is 7.98. The number of rotatable bonds is 0. The molecular weight excluding hydrogens is 160 g/mol. The van der Waals surface area contributed by atoms with E-state index in [-0.39, 0.29) is 0 Å². The fourth-order valence-electron chi connectivity index (χ4n) is 3.45. The number of hydrogen-bond donors (Lipinski definition) is 1. The Morgan fingerprint density at radius 3 is 3.00 bits per heavy atom. The van der Waals surface area contributed by atoms with Gasteiger partial charge in [-0.1, -0.05) is 0 Å². The summed E-state index contributed by atoms with van der Waals surface area (Å²) < 4.78 is 0. The van der Waals surface area contributed by atoms with E-state index in [4.69, 9.17) is 4.99 Å². The summed E-state index contributed by atoms with van der Waals surface area (Å²) in [7, 11) is 0. The second kappa shape index (κ2) is 3.09.